The number of amides is 1. The van der Waals surface area contributed by atoms with Crippen molar-refractivity contribution in [3.63, 3.8) is 0 Å². The van der Waals surface area contributed by atoms with E-state index in [0.29, 0.717) is 11.6 Å². The van der Waals surface area contributed by atoms with E-state index in [9.17, 15) is 4.79 Å². The molecule has 1 amide bonds. The van der Waals surface area contributed by atoms with Gasteiger partial charge in [-0.1, -0.05) is 11.6 Å². The Labute approximate surface area is 123 Å². The van der Waals surface area contributed by atoms with Crippen molar-refractivity contribution in [3.05, 3.63) is 29.3 Å². The van der Waals surface area contributed by atoms with Gasteiger partial charge in [0.2, 0.25) is 5.91 Å². The number of nitrogens with two attached hydrogens (primary N) is 1. The van der Waals surface area contributed by atoms with E-state index in [-0.39, 0.29) is 17.2 Å². The van der Waals surface area contributed by atoms with E-state index in [1.54, 1.807) is 11.8 Å². The molecule has 0 bridgehead atoms. The van der Waals surface area contributed by atoms with E-state index in [2.05, 4.69) is 0 Å². The van der Waals surface area contributed by atoms with Crippen LogP contribution in [0.5, 0.6) is 0 Å². The average Bonchev–Trinajstić information content (AvgIpc) is 2.40. The zero-order valence-electron chi connectivity index (χ0n) is 11.0. The Morgan fingerprint density at radius 2 is 2.16 bits per heavy atom. The van der Waals surface area contributed by atoms with Crippen LogP contribution in [-0.2, 0) is 4.79 Å². The number of likely N-dealkylation sites (tertiary alicyclic amines) is 1. The maximum Gasteiger partial charge on any atom is 0.235 e. The first kappa shape index (κ1) is 14.7. The molecule has 1 aromatic rings. The van der Waals surface area contributed by atoms with Gasteiger partial charge in [0.1, 0.15) is 0 Å². The zero-order valence-corrected chi connectivity index (χ0v) is 12.6. The van der Waals surface area contributed by atoms with E-state index >= 15 is 0 Å². The molecule has 2 N–H and O–H groups in total. The summed E-state index contributed by atoms with van der Waals surface area (Å²) in [7, 11) is 0. The molecular weight excluding hydrogens is 280 g/mol. The van der Waals surface area contributed by atoms with Crippen LogP contribution < -0.4 is 5.73 Å². The van der Waals surface area contributed by atoms with Crippen molar-refractivity contribution in [3.8, 4) is 0 Å². The van der Waals surface area contributed by atoms with Crippen LogP contribution in [0.3, 0.4) is 0 Å². The molecule has 19 heavy (non-hydrogen) atoms. The van der Waals surface area contributed by atoms with Gasteiger partial charge < -0.3 is 10.6 Å². The number of benzene rings is 1. The Morgan fingerprint density at radius 3 is 2.79 bits per heavy atom. The molecule has 5 heteroatoms. The lowest BCUT2D eigenvalue weighted by Gasteiger charge is -2.32. The van der Waals surface area contributed by atoms with Gasteiger partial charge in [-0.25, -0.2) is 0 Å². The highest BCUT2D eigenvalue weighted by Crippen LogP contribution is 2.26. The van der Waals surface area contributed by atoms with Crippen molar-refractivity contribution in [2.45, 2.75) is 36.0 Å². The van der Waals surface area contributed by atoms with Crippen LogP contribution in [0, 0.1) is 0 Å². The molecule has 1 saturated heterocycles. The van der Waals surface area contributed by atoms with Gasteiger partial charge in [-0.15, -0.1) is 11.8 Å². The molecule has 104 valence electrons. The summed E-state index contributed by atoms with van der Waals surface area (Å²) in [6.07, 6.45) is 2.02. The van der Waals surface area contributed by atoms with E-state index in [0.717, 1.165) is 24.3 Å². The standard InChI is InChI=1S/C14H19ClN2OS/c1-10(19-13-6-4-11(15)5-7-13)14(18)17-8-2-3-12(16)9-17/h4-7,10,12H,2-3,8-9,16H2,1H3. The van der Waals surface area contributed by atoms with Crippen molar-refractivity contribution in [2.75, 3.05) is 13.1 Å². The number of rotatable bonds is 3. The summed E-state index contributed by atoms with van der Waals surface area (Å²) < 4.78 is 0. The van der Waals surface area contributed by atoms with Gasteiger partial charge in [0.15, 0.2) is 0 Å². The van der Waals surface area contributed by atoms with Crippen LogP contribution in [0.4, 0.5) is 0 Å². The Bertz CT molecular complexity index is 438. The normalized spacial score (nSPS) is 21.2. The molecule has 1 aromatic carbocycles. The molecule has 3 nitrogen and oxygen atoms in total. The largest absolute Gasteiger partial charge is 0.340 e. The Morgan fingerprint density at radius 1 is 1.47 bits per heavy atom. The number of hydrogen-bond donors (Lipinski definition) is 1. The zero-order chi connectivity index (χ0) is 13.8. The van der Waals surface area contributed by atoms with Gasteiger partial charge in [-0.3, -0.25) is 4.79 Å². The lowest BCUT2D eigenvalue weighted by Crippen LogP contribution is -2.48. The Balaban J connectivity index is 1.93. The van der Waals surface area contributed by atoms with E-state index in [4.69, 9.17) is 17.3 Å². The Hall–Kier alpha value is -0.710. The van der Waals surface area contributed by atoms with Crippen LogP contribution in [-0.4, -0.2) is 35.2 Å². The summed E-state index contributed by atoms with van der Waals surface area (Å²) in [6.45, 7) is 3.46. The molecular formula is C14H19ClN2OS. The number of halogens is 1. The summed E-state index contributed by atoms with van der Waals surface area (Å²) in [4.78, 5) is 15.3. The molecule has 1 heterocycles. The topological polar surface area (TPSA) is 46.3 Å². The van der Waals surface area contributed by atoms with Crippen molar-refractivity contribution in [1.29, 1.82) is 0 Å². The molecule has 1 aliphatic rings. The van der Waals surface area contributed by atoms with Gasteiger partial charge in [0.25, 0.3) is 0 Å². The number of thioether (sulfide) groups is 1. The van der Waals surface area contributed by atoms with Gasteiger partial charge in [0, 0.05) is 29.0 Å². The first-order valence-electron chi connectivity index (χ1n) is 6.53. The third-order valence-corrected chi connectivity index (χ3v) is 4.60. The Kier molecular flexibility index (Phi) is 5.13. The summed E-state index contributed by atoms with van der Waals surface area (Å²) >= 11 is 7.41. The molecule has 0 spiro atoms. The van der Waals surface area contributed by atoms with Crippen molar-refractivity contribution >= 4 is 29.3 Å². The molecule has 1 aliphatic heterocycles. The second-order valence-electron chi connectivity index (χ2n) is 4.90. The quantitative estimate of drug-likeness (QED) is 0.873. The van der Waals surface area contributed by atoms with Gasteiger partial charge in [0.05, 0.1) is 5.25 Å². The highest BCUT2D eigenvalue weighted by Gasteiger charge is 2.25. The molecule has 0 saturated carbocycles. The minimum atomic E-state index is -0.0912. The number of hydrogen-bond acceptors (Lipinski definition) is 3. The first-order valence-corrected chi connectivity index (χ1v) is 7.78. The van der Waals surface area contributed by atoms with Crippen LogP contribution in [0.25, 0.3) is 0 Å². The lowest BCUT2D eigenvalue weighted by atomic mass is 10.1. The van der Waals surface area contributed by atoms with Crippen LogP contribution in [0.1, 0.15) is 19.8 Å². The number of nitrogens with zero attached hydrogens (tertiary/aromatic N) is 1. The fourth-order valence-electron chi connectivity index (χ4n) is 2.23. The van der Waals surface area contributed by atoms with Crippen molar-refractivity contribution in [2.24, 2.45) is 5.73 Å². The highest BCUT2D eigenvalue weighted by molar-refractivity contribution is 8.00. The van der Waals surface area contributed by atoms with Crippen LogP contribution in [0.15, 0.2) is 29.2 Å². The fraction of sp³-hybridized carbons (Fsp3) is 0.500. The monoisotopic (exact) mass is 298 g/mol. The lowest BCUT2D eigenvalue weighted by molar-refractivity contribution is -0.131. The van der Waals surface area contributed by atoms with Gasteiger partial charge in [-0.2, -0.15) is 0 Å². The molecule has 1 fully saturated rings. The predicted molar refractivity (Wildman–Crippen MR) is 80.6 cm³/mol. The summed E-state index contributed by atoms with van der Waals surface area (Å²) in [5.74, 6) is 0.176. The molecule has 2 unspecified atom stereocenters. The molecule has 2 atom stereocenters. The third kappa shape index (κ3) is 4.13. The number of carbonyl (C=O) groups is 1. The second kappa shape index (κ2) is 6.64. The van der Waals surface area contributed by atoms with Gasteiger partial charge in [-0.05, 0) is 44.0 Å². The number of carbonyl (C=O) groups excluding carboxylic acids is 1. The van der Waals surface area contributed by atoms with Crippen LogP contribution >= 0.6 is 23.4 Å². The van der Waals surface area contributed by atoms with Crippen molar-refractivity contribution in [1.82, 2.24) is 4.90 Å². The molecule has 2 rings (SSSR count). The van der Waals surface area contributed by atoms with Crippen molar-refractivity contribution < 1.29 is 4.79 Å². The molecule has 0 aliphatic carbocycles. The average molecular weight is 299 g/mol. The highest BCUT2D eigenvalue weighted by atomic mass is 35.5. The fourth-order valence-corrected chi connectivity index (χ4v) is 3.31. The third-order valence-electron chi connectivity index (χ3n) is 3.24. The minimum Gasteiger partial charge on any atom is -0.340 e. The SMILES string of the molecule is CC(Sc1ccc(Cl)cc1)C(=O)N1CCCC(N)C1. The molecule has 0 aromatic heterocycles. The summed E-state index contributed by atoms with van der Waals surface area (Å²) in [5, 5.41) is 0.622. The smallest absolute Gasteiger partial charge is 0.235 e. The summed E-state index contributed by atoms with van der Waals surface area (Å²) in [6, 6.07) is 7.71. The number of piperidine rings is 1. The van der Waals surface area contributed by atoms with Gasteiger partial charge >= 0.3 is 0 Å². The minimum absolute atomic E-state index is 0.0912. The maximum atomic E-state index is 12.3. The summed E-state index contributed by atoms with van der Waals surface area (Å²) in [5.41, 5.74) is 5.92. The maximum absolute atomic E-state index is 12.3. The van der Waals surface area contributed by atoms with E-state index < -0.39 is 0 Å². The van der Waals surface area contributed by atoms with E-state index in [1.807, 2.05) is 36.1 Å². The van der Waals surface area contributed by atoms with Crippen LogP contribution in [0.2, 0.25) is 5.02 Å². The predicted octanol–water partition coefficient (Wildman–Crippen LogP) is 2.77. The van der Waals surface area contributed by atoms with E-state index in [1.165, 1.54) is 0 Å². The second-order valence-corrected chi connectivity index (χ2v) is 6.75. The molecule has 0 radical (unpaired) electrons. The first-order chi connectivity index (χ1) is 9.06.